The zero-order valence-corrected chi connectivity index (χ0v) is 8.88. The predicted molar refractivity (Wildman–Crippen MR) is 52.8 cm³/mol. The van der Waals surface area contributed by atoms with Crippen LogP contribution in [-0.4, -0.2) is 24.7 Å². The zero-order valence-electron chi connectivity index (χ0n) is 8.88. The summed E-state index contributed by atoms with van der Waals surface area (Å²) < 4.78 is 53.7. The molecule has 0 heterocycles. The number of hydrogen-bond donors (Lipinski definition) is 1. The second-order valence-electron chi connectivity index (χ2n) is 3.44. The summed E-state index contributed by atoms with van der Waals surface area (Å²) in [6.07, 6.45) is -3.81. The average molecular weight is 252 g/mol. The third-order valence-corrected chi connectivity index (χ3v) is 2.10. The van der Waals surface area contributed by atoms with Crippen molar-refractivity contribution in [3.63, 3.8) is 0 Å². The van der Waals surface area contributed by atoms with E-state index in [-0.39, 0.29) is 18.6 Å². The van der Waals surface area contributed by atoms with Crippen molar-refractivity contribution in [3.8, 4) is 0 Å². The molecule has 17 heavy (non-hydrogen) atoms. The second kappa shape index (κ2) is 6.56. The maximum Gasteiger partial charge on any atom is 0.261 e. The van der Waals surface area contributed by atoms with Crippen LogP contribution in [0.1, 0.15) is 18.1 Å². The molecule has 1 rings (SSSR count). The molecule has 6 heteroatoms. The third-order valence-electron chi connectivity index (χ3n) is 2.10. The van der Waals surface area contributed by atoms with Crippen LogP contribution in [0.15, 0.2) is 18.2 Å². The lowest BCUT2D eigenvalue weighted by atomic mass is 10.1. The summed E-state index contributed by atoms with van der Waals surface area (Å²) in [4.78, 5) is 0. The van der Waals surface area contributed by atoms with E-state index in [9.17, 15) is 22.7 Å². The first-order chi connectivity index (χ1) is 8.00. The molecule has 1 atom stereocenters. The minimum absolute atomic E-state index is 0.0325. The summed E-state index contributed by atoms with van der Waals surface area (Å²) in [6.45, 7) is -0.846. The Morgan fingerprint density at radius 2 is 1.94 bits per heavy atom. The molecule has 96 valence electrons. The second-order valence-corrected chi connectivity index (χ2v) is 3.44. The molecule has 0 amide bonds. The largest absolute Gasteiger partial charge is 0.388 e. The number of ether oxygens (including phenoxy) is 1. The number of halogens is 4. The van der Waals surface area contributed by atoms with Crippen LogP contribution in [0, 0.1) is 11.6 Å². The van der Waals surface area contributed by atoms with Gasteiger partial charge in [-0.3, -0.25) is 0 Å². The molecule has 0 aliphatic heterocycles. The van der Waals surface area contributed by atoms with Gasteiger partial charge in [0.1, 0.15) is 18.2 Å². The van der Waals surface area contributed by atoms with Crippen LogP contribution in [-0.2, 0) is 4.74 Å². The van der Waals surface area contributed by atoms with E-state index in [0.717, 1.165) is 12.1 Å². The highest BCUT2D eigenvalue weighted by Gasteiger charge is 2.13. The first kappa shape index (κ1) is 13.9. The molecule has 0 aliphatic rings. The Labute approximate surface area is 95.8 Å². The van der Waals surface area contributed by atoms with Crippen LogP contribution >= 0.6 is 0 Å². The normalized spacial score (nSPS) is 13.1. The molecule has 2 nitrogen and oxygen atoms in total. The zero-order chi connectivity index (χ0) is 12.8. The van der Waals surface area contributed by atoms with Crippen molar-refractivity contribution >= 4 is 0 Å². The lowest BCUT2D eigenvalue weighted by Gasteiger charge is -2.12. The smallest absolute Gasteiger partial charge is 0.261 e. The van der Waals surface area contributed by atoms with Crippen molar-refractivity contribution in [2.45, 2.75) is 19.0 Å². The van der Waals surface area contributed by atoms with E-state index >= 15 is 0 Å². The molecular weight excluding hydrogens is 240 g/mol. The third kappa shape index (κ3) is 4.70. The molecule has 1 aromatic rings. The fraction of sp³-hybridized carbons (Fsp3) is 0.455. The van der Waals surface area contributed by atoms with Gasteiger partial charge in [0.05, 0.1) is 6.10 Å². The van der Waals surface area contributed by atoms with Crippen molar-refractivity contribution in [3.05, 3.63) is 35.4 Å². The van der Waals surface area contributed by atoms with E-state index in [0.29, 0.717) is 6.07 Å². The Hall–Kier alpha value is -1.14. The molecule has 0 fully saturated rings. The van der Waals surface area contributed by atoms with E-state index < -0.39 is 30.8 Å². The molecule has 1 unspecified atom stereocenters. The van der Waals surface area contributed by atoms with Gasteiger partial charge in [-0.2, -0.15) is 0 Å². The summed E-state index contributed by atoms with van der Waals surface area (Å²) in [5.74, 6) is -1.61. The highest BCUT2D eigenvalue weighted by molar-refractivity contribution is 5.20. The van der Waals surface area contributed by atoms with Crippen molar-refractivity contribution < 1.29 is 27.4 Å². The summed E-state index contributed by atoms with van der Waals surface area (Å²) >= 11 is 0. The molecule has 0 spiro atoms. The molecule has 0 bridgehead atoms. The monoisotopic (exact) mass is 252 g/mol. The molecule has 1 aromatic carbocycles. The fourth-order valence-corrected chi connectivity index (χ4v) is 1.29. The number of alkyl halides is 2. The van der Waals surface area contributed by atoms with Gasteiger partial charge in [-0.05, 0) is 6.07 Å². The van der Waals surface area contributed by atoms with Crippen LogP contribution < -0.4 is 0 Å². The molecule has 0 saturated carbocycles. The van der Waals surface area contributed by atoms with Crippen molar-refractivity contribution in [1.82, 2.24) is 0 Å². The van der Waals surface area contributed by atoms with E-state index in [2.05, 4.69) is 4.74 Å². The fourth-order valence-electron chi connectivity index (χ4n) is 1.29. The Morgan fingerprint density at radius 1 is 1.24 bits per heavy atom. The average Bonchev–Trinajstić information content (AvgIpc) is 2.23. The number of hydrogen-bond acceptors (Lipinski definition) is 2. The highest BCUT2D eigenvalue weighted by Crippen LogP contribution is 2.20. The number of aliphatic hydroxyl groups is 1. The Kier molecular flexibility index (Phi) is 5.37. The highest BCUT2D eigenvalue weighted by atomic mass is 19.3. The number of rotatable bonds is 6. The van der Waals surface area contributed by atoms with Gasteiger partial charge in [-0.25, -0.2) is 17.6 Å². The molecule has 0 aromatic heterocycles. The van der Waals surface area contributed by atoms with E-state index in [1.165, 1.54) is 0 Å². The van der Waals surface area contributed by atoms with Gasteiger partial charge in [0.2, 0.25) is 0 Å². The van der Waals surface area contributed by atoms with Crippen molar-refractivity contribution in [1.29, 1.82) is 0 Å². The van der Waals surface area contributed by atoms with E-state index in [4.69, 9.17) is 0 Å². The Balaban J connectivity index is 2.44. The predicted octanol–water partition coefficient (Wildman–Crippen LogP) is 2.67. The maximum absolute atomic E-state index is 13.2. The van der Waals surface area contributed by atoms with Gasteiger partial charge < -0.3 is 9.84 Å². The summed E-state index contributed by atoms with van der Waals surface area (Å²) in [5, 5.41) is 9.53. The van der Waals surface area contributed by atoms with Gasteiger partial charge in [0, 0.05) is 24.7 Å². The Bertz CT molecular complexity index is 357. The lowest BCUT2D eigenvalue weighted by molar-refractivity contribution is 0.00447. The standard InChI is InChI=1S/C11H12F4O2/c12-7-1-2-8(9(13)5-7)10(16)3-4-17-6-11(14)15/h1-2,5,10-11,16H,3-4,6H2. The molecular formula is C11H12F4O2. The first-order valence-electron chi connectivity index (χ1n) is 4.99. The van der Waals surface area contributed by atoms with Gasteiger partial charge in [-0.15, -0.1) is 0 Å². The lowest BCUT2D eigenvalue weighted by Crippen LogP contribution is -2.09. The SMILES string of the molecule is OC(CCOCC(F)F)c1ccc(F)cc1F. The molecule has 0 radical (unpaired) electrons. The van der Waals surface area contributed by atoms with Crippen molar-refractivity contribution in [2.75, 3.05) is 13.2 Å². The van der Waals surface area contributed by atoms with Gasteiger partial charge in [0.15, 0.2) is 0 Å². The van der Waals surface area contributed by atoms with E-state index in [1.807, 2.05) is 0 Å². The minimum Gasteiger partial charge on any atom is -0.388 e. The Morgan fingerprint density at radius 3 is 2.53 bits per heavy atom. The van der Waals surface area contributed by atoms with E-state index in [1.54, 1.807) is 0 Å². The van der Waals surface area contributed by atoms with Crippen LogP contribution in [0.5, 0.6) is 0 Å². The molecule has 0 saturated heterocycles. The number of aliphatic hydroxyl groups excluding tert-OH is 1. The first-order valence-corrected chi connectivity index (χ1v) is 4.99. The van der Waals surface area contributed by atoms with Crippen LogP contribution in [0.25, 0.3) is 0 Å². The van der Waals surface area contributed by atoms with Crippen LogP contribution in [0.4, 0.5) is 17.6 Å². The maximum atomic E-state index is 13.2. The topological polar surface area (TPSA) is 29.5 Å². The summed E-state index contributed by atoms with van der Waals surface area (Å²) in [5.41, 5.74) is -0.0768. The number of benzene rings is 1. The molecule has 1 N–H and O–H groups in total. The quantitative estimate of drug-likeness (QED) is 0.623. The molecule has 0 aliphatic carbocycles. The minimum atomic E-state index is -2.57. The summed E-state index contributed by atoms with van der Waals surface area (Å²) in [6, 6.07) is 2.78. The van der Waals surface area contributed by atoms with Gasteiger partial charge in [0.25, 0.3) is 6.43 Å². The van der Waals surface area contributed by atoms with Gasteiger partial charge in [-0.1, -0.05) is 6.07 Å². The van der Waals surface area contributed by atoms with Crippen LogP contribution in [0.2, 0.25) is 0 Å². The van der Waals surface area contributed by atoms with Crippen molar-refractivity contribution in [2.24, 2.45) is 0 Å². The summed E-state index contributed by atoms with van der Waals surface area (Å²) in [7, 11) is 0. The van der Waals surface area contributed by atoms with Gasteiger partial charge >= 0.3 is 0 Å². The van der Waals surface area contributed by atoms with Crippen LogP contribution in [0.3, 0.4) is 0 Å².